The molecule has 1 fully saturated rings. The fourth-order valence-corrected chi connectivity index (χ4v) is 4.60. The van der Waals surface area contributed by atoms with Crippen LogP contribution in [0.1, 0.15) is 23.7 Å². The number of esters is 1. The lowest BCUT2D eigenvalue weighted by Gasteiger charge is -2.34. The smallest absolute Gasteiger partial charge is 0.339 e. The van der Waals surface area contributed by atoms with Gasteiger partial charge >= 0.3 is 11.9 Å². The number of carbonyl (C=O) groups excluding carboxylic acids is 1. The molecule has 1 heterocycles. The summed E-state index contributed by atoms with van der Waals surface area (Å²) in [7, 11) is -3.15. The molecule has 1 saturated heterocycles. The number of hydrogen-bond donors (Lipinski definition) is 1. The third kappa shape index (κ3) is 3.57. The van der Waals surface area contributed by atoms with Gasteiger partial charge in [-0.15, -0.1) is 0 Å². The highest BCUT2D eigenvalue weighted by molar-refractivity contribution is 7.89. The molecule has 1 aliphatic rings. The summed E-state index contributed by atoms with van der Waals surface area (Å²) >= 11 is 0. The van der Waals surface area contributed by atoms with Crippen LogP contribution < -0.4 is 0 Å². The summed E-state index contributed by atoms with van der Waals surface area (Å²) in [6.45, 7) is 1.62. The van der Waals surface area contributed by atoms with Crippen molar-refractivity contribution in [2.45, 2.75) is 18.2 Å². The Morgan fingerprint density at radius 3 is 2.58 bits per heavy atom. The first-order valence-corrected chi connectivity index (χ1v) is 8.71. The highest BCUT2D eigenvalue weighted by Gasteiger charge is 2.38. The van der Waals surface area contributed by atoms with Crippen LogP contribution >= 0.6 is 0 Å². The number of carboxylic acids is 1. The number of benzene rings is 1. The Morgan fingerprint density at radius 1 is 1.33 bits per heavy atom. The van der Waals surface area contributed by atoms with E-state index in [0.29, 0.717) is 6.42 Å². The number of carbonyl (C=O) groups is 2. The number of rotatable bonds is 4. The molecule has 2 rings (SSSR count). The molecule has 7 nitrogen and oxygen atoms in total. The Hall–Kier alpha value is -2.00. The lowest BCUT2D eigenvalue weighted by atomic mass is 9.92. The van der Waals surface area contributed by atoms with Crippen LogP contribution in [0.4, 0.5) is 4.39 Å². The van der Waals surface area contributed by atoms with Gasteiger partial charge < -0.3 is 9.84 Å². The van der Waals surface area contributed by atoms with Gasteiger partial charge in [-0.1, -0.05) is 6.92 Å². The van der Waals surface area contributed by atoms with Gasteiger partial charge in [-0.05, 0) is 30.5 Å². The summed E-state index contributed by atoms with van der Waals surface area (Å²) in [4.78, 5) is 22.5. The second-order valence-electron chi connectivity index (χ2n) is 5.83. The molecule has 0 bridgehead atoms. The average molecular weight is 359 g/mol. The summed E-state index contributed by atoms with van der Waals surface area (Å²) in [6.07, 6.45) is 0.356. The molecule has 2 atom stereocenters. The van der Waals surface area contributed by atoms with Gasteiger partial charge in [-0.3, -0.25) is 4.79 Å². The van der Waals surface area contributed by atoms with Gasteiger partial charge in [0.05, 0.1) is 23.5 Å². The van der Waals surface area contributed by atoms with Gasteiger partial charge in [0.25, 0.3) is 0 Å². The highest BCUT2D eigenvalue weighted by atomic mass is 32.2. The minimum absolute atomic E-state index is 0.100. The molecule has 0 aromatic heterocycles. The molecule has 0 radical (unpaired) electrons. The SMILES string of the molecule is COC(=O)c1ccc(F)cc1S(=O)(=O)N1CC(C)CC(C(=O)O)C1. The van der Waals surface area contributed by atoms with E-state index < -0.39 is 38.6 Å². The zero-order valence-electron chi connectivity index (χ0n) is 13.2. The molecule has 1 N–H and O–H groups in total. The normalized spacial score (nSPS) is 22.1. The minimum Gasteiger partial charge on any atom is -0.481 e. The number of carboxylic acid groups (broad SMARTS) is 1. The lowest BCUT2D eigenvalue weighted by Crippen LogP contribution is -2.45. The first kappa shape index (κ1) is 18.3. The molecule has 0 amide bonds. The van der Waals surface area contributed by atoms with Crippen molar-refractivity contribution in [3.8, 4) is 0 Å². The molecule has 2 unspecified atom stereocenters. The lowest BCUT2D eigenvalue weighted by molar-refractivity contribution is -0.143. The molecule has 1 aromatic rings. The minimum atomic E-state index is -4.24. The van der Waals surface area contributed by atoms with Crippen LogP contribution in [0.15, 0.2) is 23.1 Å². The number of aliphatic carboxylic acids is 1. The first-order chi connectivity index (χ1) is 11.2. The maximum absolute atomic E-state index is 13.6. The summed E-state index contributed by atoms with van der Waals surface area (Å²) in [5.41, 5.74) is -0.288. The molecule has 1 aromatic carbocycles. The van der Waals surface area contributed by atoms with E-state index >= 15 is 0 Å². The zero-order chi connectivity index (χ0) is 18.1. The van der Waals surface area contributed by atoms with Crippen molar-refractivity contribution in [2.24, 2.45) is 11.8 Å². The summed E-state index contributed by atoms with van der Waals surface area (Å²) < 4.78 is 44.8. The van der Waals surface area contributed by atoms with Crippen molar-refractivity contribution in [3.63, 3.8) is 0 Å². The van der Waals surface area contributed by atoms with Crippen LogP contribution in [0.2, 0.25) is 0 Å². The van der Waals surface area contributed by atoms with Gasteiger partial charge in [-0.25, -0.2) is 17.6 Å². The summed E-state index contributed by atoms with van der Waals surface area (Å²) in [6, 6.07) is 2.75. The van der Waals surface area contributed by atoms with Crippen molar-refractivity contribution in [2.75, 3.05) is 20.2 Å². The fraction of sp³-hybridized carbons (Fsp3) is 0.467. The van der Waals surface area contributed by atoms with Crippen LogP contribution in [-0.4, -0.2) is 50.0 Å². The molecule has 24 heavy (non-hydrogen) atoms. The molecular weight excluding hydrogens is 341 g/mol. The van der Waals surface area contributed by atoms with Gasteiger partial charge in [-0.2, -0.15) is 4.31 Å². The number of ether oxygens (including phenoxy) is 1. The summed E-state index contributed by atoms with van der Waals surface area (Å²) in [5, 5.41) is 9.18. The largest absolute Gasteiger partial charge is 0.481 e. The predicted octanol–water partition coefficient (Wildman–Crippen LogP) is 1.34. The number of hydrogen-bond acceptors (Lipinski definition) is 5. The second kappa shape index (κ2) is 6.86. The number of nitrogens with zero attached hydrogens (tertiary/aromatic N) is 1. The third-order valence-electron chi connectivity index (χ3n) is 3.94. The number of methoxy groups -OCH3 is 1. The maximum Gasteiger partial charge on any atom is 0.339 e. The predicted molar refractivity (Wildman–Crippen MR) is 81.4 cm³/mol. The van der Waals surface area contributed by atoms with E-state index in [0.717, 1.165) is 29.6 Å². The van der Waals surface area contributed by atoms with Crippen LogP contribution in [0, 0.1) is 17.7 Å². The van der Waals surface area contributed by atoms with E-state index in [9.17, 15) is 27.5 Å². The van der Waals surface area contributed by atoms with Crippen molar-refractivity contribution >= 4 is 22.0 Å². The van der Waals surface area contributed by atoms with Crippen LogP contribution in [-0.2, 0) is 19.6 Å². The Labute approximate surface area is 139 Å². The van der Waals surface area contributed by atoms with E-state index in [1.807, 2.05) is 0 Å². The van der Waals surface area contributed by atoms with Gasteiger partial charge in [0.15, 0.2) is 0 Å². The van der Waals surface area contributed by atoms with Gasteiger partial charge in [0.2, 0.25) is 10.0 Å². The first-order valence-electron chi connectivity index (χ1n) is 7.27. The van der Waals surface area contributed by atoms with Gasteiger partial charge in [0.1, 0.15) is 5.82 Å². The average Bonchev–Trinajstić information content (AvgIpc) is 2.53. The van der Waals surface area contributed by atoms with E-state index in [4.69, 9.17) is 0 Å². The second-order valence-corrected chi connectivity index (χ2v) is 7.74. The van der Waals surface area contributed by atoms with Crippen molar-refractivity contribution in [1.29, 1.82) is 0 Å². The fourth-order valence-electron chi connectivity index (χ4n) is 2.81. The topological polar surface area (TPSA) is 101 Å². The Morgan fingerprint density at radius 2 is 2.00 bits per heavy atom. The quantitative estimate of drug-likeness (QED) is 0.814. The van der Waals surface area contributed by atoms with Gasteiger partial charge in [0, 0.05) is 13.1 Å². The molecule has 9 heteroatoms. The van der Waals surface area contributed by atoms with E-state index in [-0.39, 0.29) is 24.6 Å². The van der Waals surface area contributed by atoms with E-state index in [1.54, 1.807) is 6.92 Å². The van der Waals surface area contributed by atoms with Crippen molar-refractivity contribution in [3.05, 3.63) is 29.6 Å². The Kier molecular flexibility index (Phi) is 5.24. The van der Waals surface area contributed by atoms with Crippen LogP contribution in [0.5, 0.6) is 0 Å². The Bertz CT molecular complexity index is 763. The highest BCUT2D eigenvalue weighted by Crippen LogP contribution is 2.29. The van der Waals surface area contributed by atoms with E-state index in [2.05, 4.69) is 4.74 Å². The number of halogens is 1. The molecule has 132 valence electrons. The molecular formula is C15H18FNO6S. The van der Waals surface area contributed by atoms with E-state index in [1.165, 1.54) is 0 Å². The number of piperidine rings is 1. The van der Waals surface area contributed by atoms with Crippen LogP contribution in [0.3, 0.4) is 0 Å². The van der Waals surface area contributed by atoms with Crippen molar-refractivity contribution < 1.29 is 32.2 Å². The third-order valence-corrected chi connectivity index (χ3v) is 5.81. The van der Waals surface area contributed by atoms with Crippen molar-refractivity contribution in [1.82, 2.24) is 4.31 Å². The molecule has 0 spiro atoms. The standard InChI is InChI=1S/C15H18FNO6S/c1-9-5-10(14(18)19)8-17(7-9)24(21,22)13-6-11(16)3-4-12(13)15(20)23-2/h3-4,6,9-10H,5,7-8H2,1-2H3,(H,18,19). The Balaban J connectivity index is 2.48. The summed E-state index contributed by atoms with van der Waals surface area (Å²) in [5.74, 6) is -3.84. The van der Waals surface area contributed by atoms with Crippen LogP contribution in [0.25, 0.3) is 0 Å². The zero-order valence-corrected chi connectivity index (χ0v) is 14.0. The molecule has 1 aliphatic heterocycles. The maximum atomic E-state index is 13.6. The molecule has 0 saturated carbocycles. The number of sulfonamides is 1. The monoisotopic (exact) mass is 359 g/mol. The molecule has 0 aliphatic carbocycles.